The Labute approximate surface area is 81.7 Å². The molecule has 2 saturated heterocycles. The molecule has 0 aromatic carbocycles. The Kier molecular flexibility index (Phi) is 2.89. The molecule has 2 rings (SSSR count). The molecule has 0 amide bonds. The summed E-state index contributed by atoms with van der Waals surface area (Å²) in [7, 11) is 0. The maximum Gasteiger partial charge on any atom is 0.0235 e. The second-order valence-corrected chi connectivity index (χ2v) is 5.05. The molecule has 2 nitrogen and oxygen atoms in total. The highest BCUT2D eigenvalue weighted by molar-refractivity contribution is 4.93. The van der Waals surface area contributed by atoms with Crippen molar-refractivity contribution in [1.82, 2.24) is 10.2 Å². The first-order valence-corrected chi connectivity index (χ1v) is 5.71. The Morgan fingerprint density at radius 1 is 1.38 bits per heavy atom. The molecule has 2 fully saturated rings. The van der Waals surface area contributed by atoms with Gasteiger partial charge in [-0.3, -0.25) is 0 Å². The van der Waals surface area contributed by atoms with Crippen molar-refractivity contribution in [3.05, 3.63) is 0 Å². The average molecular weight is 182 g/mol. The Balaban J connectivity index is 1.73. The van der Waals surface area contributed by atoms with E-state index in [1.807, 2.05) is 0 Å². The van der Waals surface area contributed by atoms with Gasteiger partial charge in [0.05, 0.1) is 0 Å². The molecule has 2 heteroatoms. The zero-order valence-corrected chi connectivity index (χ0v) is 8.92. The van der Waals surface area contributed by atoms with Crippen molar-refractivity contribution < 1.29 is 0 Å². The number of hydrogen-bond acceptors (Lipinski definition) is 2. The van der Waals surface area contributed by atoms with Crippen LogP contribution in [0.2, 0.25) is 0 Å². The van der Waals surface area contributed by atoms with Crippen LogP contribution in [0.4, 0.5) is 0 Å². The van der Waals surface area contributed by atoms with Gasteiger partial charge in [0.25, 0.3) is 0 Å². The molecule has 13 heavy (non-hydrogen) atoms. The number of likely N-dealkylation sites (tertiary alicyclic amines) is 1. The Morgan fingerprint density at radius 3 is 2.92 bits per heavy atom. The van der Waals surface area contributed by atoms with Crippen LogP contribution in [0.1, 0.15) is 26.7 Å². The molecule has 0 aliphatic carbocycles. The van der Waals surface area contributed by atoms with E-state index in [-0.39, 0.29) is 0 Å². The molecule has 0 bridgehead atoms. The van der Waals surface area contributed by atoms with E-state index in [1.165, 1.54) is 39.0 Å². The van der Waals surface area contributed by atoms with Crippen LogP contribution in [0.5, 0.6) is 0 Å². The monoisotopic (exact) mass is 182 g/mol. The molecule has 0 aromatic heterocycles. The quantitative estimate of drug-likeness (QED) is 0.708. The highest BCUT2D eigenvalue weighted by Gasteiger charge is 2.35. The van der Waals surface area contributed by atoms with Gasteiger partial charge < -0.3 is 10.2 Å². The fourth-order valence-electron chi connectivity index (χ4n) is 2.56. The zero-order valence-electron chi connectivity index (χ0n) is 8.92. The second kappa shape index (κ2) is 3.97. The summed E-state index contributed by atoms with van der Waals surface area (Å²) in [5, 5.41) is 3.59. The Morgan fingerprint density at radius 2 is 2.23 bits per heavy atom. The molecule has 0 unspecified atom stereocenters. The van der Waals surface area contributed by atoms with Crippen molar-refractivity contribution in [2.75, 3.05) is 26.2 Å². The third-order valence-corrected chi connectivity index (χ3v) is 3.46. The van der Waals surface area contributed by atoms with Crippen molar-refractivity contribution in [3.8, 4) is 0 Å². The fraction of sp³-hybridized carbons (Fsp3) is 1.00. The van der Waals surface area contributed by atoms with Crippen LogP contribution >= 0.6 is 0 Å². The van der Waals surface area contributed by atoms with Crippen LogP contribution in [-0.4, -0.2) is 37.1 Å². The molecule has 0 spiro atoms. The molecular formula is C11H22N2. The smallest absolute Gasteiger partial charge is 0.0235 e. The lowest BCUT2D eigenvalue weighted by molar-refractivity contribution is 0.293. The van der Waals surface area contributed by atoms with E-state index in [2.05, 4.69) is 24.1 Å². The number of nitrogens with one attached hydrogen (secondary N) is 1. The van der Waals surface area contributed by atoms with E-state index >= 15 is 0 Å². The summed E-state index contributed by atoms with van der Waals surface area (Å²) < 4.78 is 0. The largest absolute Gasteiger partial charge is 0.312 e. The van der Waals surface area contributed by atoms with E-state index in [1.54, 1.807) is 0 Å². The number of nitrogens with zero attached hydrogens (tertiary/aromatic N) is 1. The molecular weight excluding hydrogens is 160 g/mol. The van der Waals surface area contributed by atoms with Gasteiger partial charge in [0.1, 0.15) is 0 Å². The summed E-state index contributed by atoms with van der Waals surface area (Å²) in [5.74, 6) is 1.82. The fourth-order valence-corrected chi connectivity index (χ4v) is 2.56. The molecule has 0 saturated carbocycles. The van der Waals surface area contributed by atoms with Gasteiger partial charge in [-0.2, -0.15) is 0 Å². The van der Waals surface area contributed by atoms with Crippen molar-refractivity contribution in [3.63, 3.8) is 0 Å². The highest BCUT2D eigenvalue weighted by Crippen LogP contribution is 2.24. The lowest BCUT2D eigenvalue weighted by Gasteiger charge is -2.17. The minimum atomic E-state index is 0.826. The first kappa shape index (κ1) is 9.47. The van der Waals surface area contributed by atoms with E-state index in [4.69, 9.17) is 0 Å². The first-order valence-electron chi connectivity index (χ1n) is 5.71. The molecule has 76 valence electrons. The summed E-state index contributed by atoms with van der Waals surface area (Å²) in [6, 6.07) is 0.826. The van der Waals surface area contributed by atoms with Gasteiger partial charge >= 0.3 is 0 Å². The summed E-state index contributed by atoms with van der Waals surface area (Å²) in [6.07, 6.45) is 2.77. The molecule has 0 aromatic rings. The summed E-state index contributed by atoms with van der Waals surface area (Å²) in [5.41, 5.74) is 0. The van der Waals surface area contributed by atoms with E-state index in [9.17, 15) is 0 Å². The third-order valence-electron chi connectivity index (χ3n) is 3.46. The van der Waals surface area contributed by atoms with Crippen LogP contribution in [0.3, 0.4) is 0 Å². The van der Waals surface area contributed by atoms with Crippen LogP contribution in [-0.2, 0) is 0 Å². The number of rotatable bonds is 3. The van der Waals surface area contributed by atoms with E-state index in [0.29, 0.717) is 0 Å². The average Bonchev–Trinajstić information content (AvgIpc) is 2.58. The van der Waals surface area contributed by atoms with Crippen molar-refractivity contribution in [2.45, 2.75) is 32.7 Å². The highest BCUT2D eigenvalue weighted by atomic mass is 15.2. The zero-order chi connectivity index (χ0) is 9.26. The standard InChI is InChI=1S/C11H22N2/c1-9(2)4-6-13-7-10-3-5-12-11(10)8-13/h9-12H,3-8H2,1-2H3/t10-,11+/m0/s1. The van der Waals surface area contributed by atoms with Gasteiger partial charge in [0.15, 0.2) is 0 Å². The molecule has 2 aliphatic heterocycles. The minimum Gasteiger partial charge on any atom is -0.312 e. The van der Waals surface area contributed by atoms with Crippen molar-refractivity contribution in [2.24, 2.45) is 11.8 Å². The topological polar surface area (TPSA) is 15.3 Å². The molecule has 2 aliphatic rings. The molecule has 2 atom stereocenters. The van der Waals surface area contributed by atoms with Gasteiger partial charge in [-0.15, -0.1) is 0 Å². The number of fused-ring (bicyclic) bond motifs is 1. The van der Waals surface area contributed by atoms with Gasteiger partial charge in [0, 0.05) is 19.1 Å². The maximum atomic E-state index is 3.59. The predicted octanol–water partition coefficient (Wildman–Crippen LogP) is 1.33. The lowest BCUT2D eigenvalue weighted by atomic mass is 10.1. The summed E-state index contributed by atoms with van der Waals surface area (Å²) in [6.45, 7) is 9.85. The van der Waals surface area contributed by atoms with Crippen LogP contribution in [0.15, 0.2) is 0 Å². The SMILES string of the molecule is CC(C)CCN1C[C@@H]2CCN[C@@H]2C1. The van der Waals surface area contributed by atoms with Gasteiger partial charge in [-0.05, 0) is 37.8 Å². The predicted molar refractivity (Wildman–Crippen MR) is 55.8 cm³/mol. The van der Waals surface area contributed by atoms with Gasteiger partial charge in [0.2, 0.25) is 0 Å². The van der Waals surface area contributed by atoms with Crippen LogP contribution in [0, 0.1) is 11.8 Å². The van der Waals surface area contributed by atoms with E-state index < -0.39 is 0 Å². The normalized spacial score (nSPS) is 34.4. The number of hydrogen-bond donors (Lipinski definition) is 1. The van der Waals surface area contributed by atoms with Crippen LogP contribution in [0.25, 0.3) is 0 Å². The minimum absolute atomic E-state index is 0.826. The first-order chi connectivity index (χ1) is 6.25. The van der Waals surface area contributed by atoms with Crippen molar-refractivity contribution in [1.29, 1.82) is 0 Å². The maximum absolute atomic E-state index is 3.59. The lowest BCUT2D eigenvalue weighted by Crippen LogP contribution is -2.30. The van der Waals surface area contributed by atoms with E-state index in [0.717, 1.165) is 17.9 Å². The summed E-state index contributed by atoms with van der Waals surface area (Å²) >= 11 is 0. The van der Waals surface area contributed by atoms with Gasteiger partial charge in [-0.25, -0.2) is 0 Å². The Hall–Kier alpha value is -0.0800. The van der Waals surface area contributed by atoms with Crippen LogP contribution < -0.4 is 5.32 Å². The molecule has 1 N–H and O–H groups in total. The second-order valence-electron chi connectivity index (χ2n) is 5.05. The summed E-state index contributed by atoms with van der Waals surface area (Å²) in [4.78, 5) is 2.64. The van der Waals surface area contributed by atoms with Crippen molar-refractivity contribution >= 4 is 0 Å². The Bertz CT molecular complexity index is 155. The molecule has 2 heterocycles. The molecule has 0 radical (unpaired) electrons. The third kappa shape index (κ3) is 2.23. The van der Waals surface area contributed by atoms with Gasteiger partial charge in [-0.1, -0.05) is 13.8 Å².